The van der Waals surface area contributed by atoms with Crippen LogP contribution in [0.2, 0.25) is 0 Å². The van der Waals surface area contributed by atoms with Gasteiger partial charge in [-0.25, -0.2) is 10.0 Å². The molecule has 0 aliphatic heterocycles. The number of hydrogen-bond acceptors (Lipinski definition) is 0. The lowest BCUT2D eigenvalue weighted by molar-refractivity contribution is 1.35. The Bertz CT molecular complexity index is 241. The number of hydrogen-bond donors (Lipinski definition) is 0. The van der Waals surface area contributed by atoms with E-state index >= 15 is 0 Å². The second-order valence-electron chi connectivity index (χ2n) is 4.22. The Hall–Kier alpha value is -0.430. The fraction of sp³-hybridized carbons (Fsp3) is 0.455. The number of rotatable bonds is 2. The molecule has 0 aromatic heterocycles. The van der Waals surface area contributed by atoms with Crippen LogP contribution in [0.5, 0.6) is 0 Å². The molecule has 0 heterocycles. The molecule has 1 aromatic carbocycles. The first-order valence-corrected chi connectivity index (χ1v) is 7.22. The van der Waals surface area contributed by atoms with Gasteiger partial charge in [-0.1, -0.05) is 29.8 Å². The normalized spacial score (nSPS) is 13.0. The van der Waals surface area contributed by atoms with Crippen molar-refractivity contribution in [2.24, 2.45) is 0 Å². The van der Waals surface area contributed by atoms with Crippen molar-refractivity contribution in [2.45, 2.75) is 12.7 Å². The lowest BCUT2D eigenvalue weighted by Crippen LogP contribution is -1.96. The summed E-state index contributed by atoms with van der Waals surface area (Å²) in [5.41, 5.74) is 2.82. The first-order valence-electron chi connectivity index (χ1n) is 4.19. The highest BCUT2D eigenvalue weighted by molar-refractivity contribution is 8.31. The Labute approximate surface area is 77.3 Å². The standard InChI is InChI=1S/C11H18S/c1-10-5-7-11(8-6-10)9-12(2,3)4/h5-8H,9H2,1-4H3. The Morgan fingerprint density at radius 2 is 1.50 bits per heavy atom. The van der Waals surface area contributed by atoms with Gasteiger partial charge in [0, 0.05) is 5.75 Å². The Kier molecular flexibility index (Phi) is 2.84. The van der Waals surface area contributed by atoms with Crippen LogP contribution in [0.1, 0.15) is 11.1 Å². The van der Waals surface area contributed by atoms with Gasteiger partial charge >= 0.3 is 0 Å². The summed E-state index contributed by atoms with van der Waals surface area (Å²) in [6.07, 6.45) is 7.06. The van der Waals surface area contributed by atoms with Crippen molar-refractivity contribution in [2.75, 3.05) is 18.8 Å². The highest BCUT2D eigenvalue weighted by atomic mass is 32.3. The van der Waals surface area contributed by atoms with E-state index in [1.165, 1.54) is 16.9 Å². The van der Waals surface area contributed by atoms with E-state index in [0.717, 1.165) is 0 Å². The Balaban J connectivity index is 2.71. The van der Waals surface area contributed by atoms with E-state index < -0.39 is 10.0 Å². The van der Waals surface area contributed by atoms with Crippen LogP contribution in [0, 0.1) is 6.92 Å². The molecule has 0 aliphatic carbocycles. The molecule has 1 aromatic rings. The van der Waals surface area contributed by atoms with Crippen molar-refractivity contribution in [3.63, 3.8) is 0 Å². The third-order valence-corrected chi connectivity index (χ3v) is 2.92. The van der Waals surface area contributed by atoms with Gasteiger partial charge in [-0.05, 0) is 31.3 Å². The summed E-state index contributed by atoms with van der Waals surface area (Å²) in [6.45, 7) is 2.13. The fourth-order valence-electron chi connectivity index (χ4n) is 1.18. The molecule has 0 saturated heterocycles. The molecule has 0 saturated carbocycles. The summed E-state index contributed by atoms with van der Waals surface area (Å²) < 4.78 is 0. The van der Waals surface area contributed by atoms with Gasteiger partial charge in [0.25, 0.3) is 0 Å². The van der Waals surface area contributed by atoms with Crippen LogP contribution in [0.25, 0.3) is 0 Å². The average molecular weight is 182 g/mol. The SMILES string of the molecule is Cc1ccc(CS(C)(C)C)cc1. The van der Waals surface area contributed by atoms with Gasteiger partial charge < -0.3 is 0 Å². The van der Waals surface area contributed by atoms with Gasteiger partial charge in [0.2, 0.25) is 0 Å². The Morgan fingerprint density at radius 3 is 1.92 bits per heavy atom. The van der Waals surface area contributed by atoms with Crippen molar-refractivity contribution in [3.05, 3.63) is 35.4 Å². The second kappa shape index (κ2) is 3.53. The van der Waals surface area contributed by atoms with Crippen molar-refractivity contribution >= 4 is 10.0 Å². The predicted octanol–water partition coefficient (Wildman–Crippen LogP) is 3.19. The molecule has 1 rings (SSSR count). The molecular weight excluding hydrogens is 164 g/mol. The summed E-state index contributed by atoms with van der Waals surface area (Å²) in [7, 11) is -0.390. The molecule has 0 spiro atoms. The summed E-state index contributed by atoms with van der Waals surface area (Å²) in [4.78, 5) is 0. The third-order valence-electron chi connectivity index (χ3n) is 1.72. The van der Waals surface area contributed by atoms with Crippen LogP contribution < -0.4 is 0 Å². The molecule has 0 nitrogen and oxygen atoms in total. The molecule has 0 amide bonds. The van der Waals surface area contributed by atoms with Crippen LogP contribution in [0.15, 0.2) is 24.3 Å². The molecular formula is C11H18S. The number of benzene rings is 1. The summed E-state index contributed by atoms with van der Waals surface area (Å²) in [5, 5.41) is 0. The zero-order valence-corrected chi connectivity index (χ0v) is 9.24. The van der Waals surface area contributed by atoms with Gasteiger partial charge in [-0.3, -0.25) is 0 Å². The van der Waals surface area contributed by atoms with Gasteiger partial charge in [-0.15, -0.1) is 0 Å². The predicted molar refractivity (Wildman–Crippen MR) is 60.2 cm³/mol. The van der Waals surface area contributed by atoms with Crippen LogP contribution in [-0.2, 0) is 5.75 Å². The van der Waals surface area contributed by atoms with E-state index in [4.69, 9.17) is 0 Å². The fourth-order valence-corrected chi connectivity index (χ4v) is 2.38. The monoisotopic (exact) mass is 182 g/mol. The van der Waals surface area contributed by atoms with E-state index in [1.807, 2.05) is 0 Å². The summed E-state index contributed by atoms with van der Waals surface area (Å²) >= 11 is 0. The van der Waals surface area contributed by atoms with Crippen LogP contribution in [-0.4, -0.2) is 18.8 Å². The maximum atomic E-state index is 2.35. The van der Waals surface area contributed by atoms with Crippen LogP contribution >= 0.6 is 10.0 Å². The molecule has 0 atom stereocenters. The first kappa shape index (κ1) is 9.66. The first-order chi connectivity index (χ1) is 5.47. The molecule has 12 heavy (non-hydrogen) atoms. The molecule has 0 unspecified atom stereocenters. The van der Waals surface area contributed by atoms with E-state index in [1.54, 1.807) is 0 Å². The van der Waals surface area contributed by atoms with E-state index in [9.17, 15) is 0 Å². The maximum Gasteiger partial charge on any atom is 0.00177 e. The minimum atomic E-state index is -0.390. The number of aryl methyl sites for hydroxylation is 1. The van der Waals surface area contributed by atoms with Crippen molar-refractivity contribution in [1.29, 1.82) is 0 Å². The zero-order valence-electron chi connectivity index (χ0n) is 8.42. The minimum Gasteiger partial charge on any atom is -0.246 e. The molecule has 0 bridgehead atoms. The van der Waals surface area contributed by atoms with Gasteiger partial charge in [0.15, 0.2) is 0 Å². The second-order valence-corrected chi connectivity index (χ2v) is 8.69. The quantitative estimate of drug-likeness (QED) is 0.659. The lowest BCUT2D eigenvalue weighted by Gasteiger charge is -2.25. The average Bonchev–Trinajstić information content (AvgIpc) is 1.91. The smallest absolute Gasteiger partial charge is 0.00177 e. The van der Waals surface area contributed by atoms with E-state index in [0.29, 0.717) is 0 Å². The van der Waals surface area contributed by atoms with Crippen LogP contribution in [0.3, 0.4) is 0 Å². The summed E-state index contributed by atoms with van der Waals surface area (Å²) in [6, 6.07) is 8.88. The Morgan fingerprint density at radius 1 is 1.00 bits per heavy atom. The third kappa shape index (κ3) is 3.31. The van der Waals surface area contributed by atoms with Gasteiger partial charge in [-0.2, -0.15) is 0 Å². The molecule has 68 valence electrons. The summed E-state index contributed by atoms with van der Waals surface area (Å²) in [5.74, 6) is 1.24. The highest BCUT2D eigenvalue weighted by Gasteiger charge is 2.04. The van der Waals surface area contributed by atoms with E-state index in [-0.39, 0.29) is 0 Å². The zero-order chi connectivity index (χ0) is 9.19. The molecule has 0 aliphatic rings. The van der Waals surface area contributed by atoms with E-state index in [2.05, 4.69) is 50.0 Å². The molecule has 0 radical (unpaired) electrons. The maximum absolute atomic E-state index is 2.35. The lowest BCUT2D eigenvalue weighted by atomic mass is 10.2. The van der Waals surface area contributed by atoms with Gasteiger partial charge in [0.05, 0.1) is 0 Å². The topological polar surface area (TPSA) is 0 Å². The van der Waals surface area contributed by atoms with Crippen molar-refractivity contribution in [1.82, 2.24) is 0 Å². The largest absolute Gasteiger partial charge is 0.246 e. The van der Waals surface area contributed by atoms with Crippen molar-refractivity contribution in [3.8, 4) is 0 Å². The molecule has 0 N–H and O–H groups in total. The highest BCUT2D eigenvalue weighted by Crippen LogP contribution is 2.38. The molecule has 1 heteroatoms. The van der Waals surface area contributed by atoms with Crippen molar-refractivity contribution < 1.29 is 0 Å². The minimum absolute atomic E-state index is 0.390. The van der Waals surface area contributed by atoms with Gasteiger partial charge in [0.1, 0.15) is 0 Å². The molecule has 0 fully saturated rings. The van der Waals surface area contributed by atoms with Crippen LogP contribution in [0.4, 0.5) is 0 Å².